The van der Waals surface area contributed by atoms with E-state index in [1.807, 2.05) is 31.2 Å². The molecule has 21 heavy (non-hydrogen) atoms. The molecule has 3 N–H and O–H groups in total. The maximum atomic E-state index is 12.0. The first-order valence-corrected chi connectivity index (χ1v) is 8.75. The molecule has 0 fully saturated rings. The smallest absolute Gasteiger partial charge is 0.236 e. The highest BCUT2D eigenvalue weighted by atomic mass is 32.2. The number of nitrogens with zero attached hydrogens (tertiary/aromatic N) is 2. The molecule has 1 amide bonds. The quantitative estimate of drug-likeness (QED) is 0.714. The number of aryl methyl sites for hydroxylation is 1. The van der Waals surface area contributed by atoms with Crippen LogP contribution in [0.15, 0.2) is 28.5 Å². The Morgan fingerprint density at radius 1 is 1.33 bits per heavy atom. The highest BCUT2D eigenvalue weighted by Gasteiger charge is 2.11. The van der Waals surface area contributed by atoms with Crippen LogP contribution in [-0.4, -0.2) is 21.6 Å². The van der Waals surface area contributed by atoms with E-state index in [2.05, 4.69) is 15.3 Å². The molecule has 108 valence electrons. The van der Waals surface area contributed by atoms with Crippen molar-refractivity contribution in [3.8, 4) is 0 Å². The second-order valence-corrected chi connectivity index (χ2v) is 7.55. The molecule has 3 aromatic rings. The van der Waals surface area contributed by atoms with E-state index in [9.17, 15) is 4.79 Å². The van der Waals surface area contributed by atoms with E-state index in [0.29, 0.717) is 16.0 Å². The molecule has 0 saturated carbocycles. The topological polar surface area (TPSA) is 80.9 Å². The molecule has 0 bridgehead atoms. The first kappa shape index (κ1) is 14.3. The van der Waals surface area contributed by atoms with Gasteiger partial charge >= 0.3 is 0 Å². The fraction of sp³-hybridized carbons (Fsp3) is 0.154. The largest absolute Gasteiger partial charge is 0.375 e. The minimum atomic E-state index is -0.0783. The SMILES string of the molecule is Cc1nc(N)sc1SCC(=O)Nc1nc2ccccc2s1. The maximum Gasteiger partial charge on any atom is 0.236 e. The van der Waals surface area contributed by atoms with Crippen molar-refractivity contribution in [2.75, 3.05) is 16.8 Å². The number of carbonyl (C=O) groups excluding carboxylic acids is 1. The Labute approximate surface area is 133 Å². The number of thiazole rings is 2. The summed E-state index contributed by atoms with van der Waals surface area (Å²) in [7, 11) is 0. The van der Waals surface area contributed by atoms with Gasteiger partial charge in [0.15, 0.2) is 10.3 Å². The van der Waals surface area contributed by atoms with E-state index in [1.54, 1.807) is 0 Å². The van der Waals surface area contributed by atoms with Crippen LogP contribution in [0.25, 0.3) is 10.2 Å². The summed E-state index contributed by atoms with van der Waals surface area (Å²) in [5, 5.41) is 3.98. The van der Waals surface area contributed by atoms with Crippen molar-refractivity contribution in [1.82, 2.24) is 9.97 Å². The number of rotatable bonds is 4. The van der Waals surface area contributed by atoms with E-state index in [4.69, 9.17) is 5.73 Å². The van der Waals surface area contributed by atoms with E-state index in [0.717, 1.165) is 20.1 Å². The Morgan fingerprint density at radius 2 is 2.14 bits per heavy atom. The summed E-state index contributed by atoms with van der Waals surface area (Å²) in [6.07, 6.45) is 0. The summed E-state index contributed by atoms with van der Waals surface area (Å²) in [4.78, 5) is 20.5. The average molecular weight is 336 g/mol. The third-order valence-electron chi connectivity index (χ3n) is 2.65. The fourth-order valence-electron chi connectivity index (χ4n) is 1.75. The molecule has 5 nitrogen and oxygen atoms in total. The minimum Gasteiger partial charge on any atom is -0.375 e. The van der Waals surface area contributed by atoms with Gasteiger partial charge in [-0.2, -0.15) is 0 Å². The first-order valence-electron chi connectivity index (χ1n) is 6.13. The number of nitrogens with one attached hydrogen (secondary N) is 1. The average Bonchev–Trinajstić information content (AvgIpc) is 2.98. The summed E-state index contributed by atoms with van der Waals surface area (Å²) < 4.78 is 2.04. The maximum absolute atomic E-state index is 12.0. The molecule has 0 unspecified atom stereocenters. The lowest BCUT2D eigenvalue weighted by Gasteiger charge is -2.00. The fourth-order valence-corrected chi connectivity index (χ4v) is 4.45. The monoisotopic (exact) mass is 336 g/mol. The van der Waals surface area contributed by atoms with Gasteiger partial charge in [0.25, 0.3) is 0 Å². The van der Waals surface area contributed by atoms with Crippen molar-refractivity contribution in [3.05, 3.63) is 30.0 Å². The van der Waals surface area contributed by atoms with Crippen LogP contribution < -0.4 is 11.1 Å². The Bertz CT molecular complexity index is 763. The van der Waals surface area contributed by atoms with Gasteiger partial charge in [0, 0.05) is 0 Å². The molecular formula is C13H12N4OS3. The third-order valence-corrected chi connectivity index (χ3v) is 5.95. The number of nitrogen functional groups attached to an aromatic ring is 1. The Kier molecular flexibility index (Phi) is 4.09. The van der Waals surface area contributed by atoms with Crippen molar-refractivity contribution in [2.24, 2.45) is 0 Å². The molecule has 0 atom stereocenters. The summed E-state index contributed by atoms with van der Waals surface area (Å²) in [5.41, 5.74) is 7.41. The van der Waals surface area contributed by atoms with Crippen molar-refractivity contribution in [2.45, 2.75) is 11.1 Å². The number of para-hydroxylation sites is 1. The van der Waals surface area contributed by atoms with Gasteiger partial charge in [-0.15, -0.1) is 11.8 Å². The van der Waals surface area contributed by atoms with E-state index in [-0.39, 0.29) is 5.91 Å². The minimum absolute atomic E-state index is 0.0783. The predicted octanol–water partition coefficient (Wildman–Crippen LogP) is 3.37. The number of amides is 1. The number of aromatic nitrogens is 2. The van der Waals surface area contributed by atoms with Crippen LogP contribution >= 0.6 is 34.4 Å². The zero-order valence-corrected chi connectivity index (χ0v) is 13.6. The number of anilines is 2. The molecule has 2 aromatic heterocycles. The summed E-state index contributed by atoms with van der Waals surface area (Å²) >= 11 is 4.32. The van der Waals surface area contributed by atoms with Crippen LogP contribution in [0.4, 0.5) is 10.3 Å². The number of fused-ring (bicyclic) bond motifs is 1. The van der Waals surface area contributed by atoms with Gasteiger partial charge in [-0.3, -0.25) is 4.79 Å². The van der Waals surface area contributed by atoms with Gasteiger partial charge in [0.05, 0.1) is 25.9 Å². The number of benzene rings is 1. The van der Waals surface area contributed by atoms with Gasteiger partial charge in [-0.25, -0.2) is 9.97 Å². The standard InChI is InChI=1S/C13H12N4OS3/c1-7-11(21-12(14)15-7)19-6-10(18)17-13-16-8-4-2-3-5-9(8)20-13/h2-5H,6H2,1H3,(H2,14,15)(H,16,17,18). The molecule has 0 radical (unpaired) electrons. The Hall–Kier alpha value is -1.64. The molecule has 0 aliphatic rings. The number of hydrogen-bond acceptors (Lipinski definition) is 7. The summed E-state index contributed by atoms with van der Waals surface area (Å²) in [5.74, 6) is 0.240. The van der Waals surface area contributed by atoms with Gasteiger partial charge < -0.3 is 11.1 Å². The molecule has 0 aliphatic heterocycles. The third kappa shape index (κ3) is 3.34. The van der Waals surface area contributed by atoms with E-state index >= 15 is 0 Å². The second-order valence-electron chi connectivity index (χ2n) is 4.25. The predicted molar refractivity (Wildman–Crippen MR) is 90.2 cm³/mol. The molecule has 8 heteroatoms. The van der Waals surface area contributed by atoms with Crippen LogP contribution in [-0.2, 0) is 4.79 Å². The Balaban J connectivity index is 1.62. The molecule has 0 aliphatic carbocycles. The number of carbonyl (C=O) groups is 1. The van der Waals surface area contributed by atoms with Crippen LogP contribution in [0.5, 0.6) is 0 Å². The number of hydrogen-bond donors (Lipinski definition) is 2. The lowest BCUT2D eigenvalue weighted by Crippen LogP contribution is -2.13. The van der Waals surface area contributed by atoms with Crippen molar-refractivity contribution in [3.63, 3.8) is 0 Å². The van der Waals surface area contributed by atoms with Crippen molar-refractivity contribution < 1.29 is 4.79 Å². The number of nitrogens with two attached hydrogens (primary N) is 1. The normalized spacial score (nSPS) is 10.9. The zero-order chi connectivity index (χ0) is 14.8. The highest BCUT2D eigenvalue weighted by Crippen LogP contribution is 2.31. The van der Waals surface area contributed by atoms with E-state index < -0.39 is 0 Å². The van der Waals surface area contributed by atoms with Crippen LogP contribution in [0.2, 0.25) is 0 Å². The summed E-state index contributed by atoms with van der Waals surface area (Å²) in [6, 6.07) is 7.81. The lowest BCUT2D eigenvalue weighted by atomic mass is 10.3. The molecule has 0 spiro atoms. The molecule has 1 aromatic carbocycles. The van der Waals surface area contributed by atoms with E-state index in [1.165, 1.54) is 34.4 Å². The first-order chi connectivity index (χ1) is 10.1. The van der Waals surface area contributed by atoms with Gasteiger partial charge in [-0.1, -0.05) is 34.8 Å². The lowest BCUT2D eigenvalue weighted by molar-refractivity contribution is -0.113. The number of thioether (sulfide) groups is 1. The van der Waals surface area contributed by atoms with Crippen LogP contribution in [0.1, 0.15) is 5.69 Å². The summed E-state index contributed by atoms with van der Waals surface area (Å²) in [6.45, 7) is 1.89. The molecule has 0 saturated heterocycles. The Morgan fingerprint density at radius 3 is 2.86 bits per heavy atom. The molecular weight excluding hydrogens is 324 g/mol. The van der Waals surface area contributed by atoms with Crippen LogP contribution in [0, 0.1) is 6.92 Å². The molecule has 3 rings (SSSR count). The second kappa shape index (κ2) is 6.00. The van der Waals surface area contributed by atoms with Gasteiger partial charge in [0.2, 0.25) is 5.91 Å². The van der Waals surface area contributed by atoms with Gasteiger partial charge in [0.1, 0.15) is 0 Å². The van der Waals surface area contributed by atoms with Gasteiger partial charge in [-0.05, 0) is 19.1 Å². The molecule has 2 heterocycles. The zero-order valence-electron chi connectivity index (χ0n) is 11.1. The van der Waals surface area contributed by atoms with Crippen molar-refractivity contribution >= 4 is 60.8 Å². The highest BCUT2D eigenvalue weighted by molar-refractivity contribution is 8.01. The van der Waals surface area contributed by atoms with Crippen LogP contribution in [0.3, 0.4) is 0 Å². The van der Waals surface area contributed by atoms with Crippen molar-refractivity contribution in [1.29, 1.82) is 0 Å².